The Morgan fingerprint density at radius 2 is 1.65 bits per heavy atom. The number of benzene rings is 2. The smallest absolute Gasteiger partial charge is 0.335 e. The second-order valence-electron chi connectivity index (χ2n) is 8.27. The average molecular weight is 370 g/mol. The highest BCUT2D eigenvalue weighted by Crippen LogP contribution is 2.48. The SMILES string of the molecule is CC1(C)CCC(C)(C)c2c1ccc(C=Nc1ccc(C(=O)O)cc1)c2Cl. The summed E-state index contributed by atoms with van der Waals surface area (Å²) >= 11 is 6.80. The highest BCUT2D eigenvalue weighted by atomic mass is 35.5. The fourth-order valence-corrected chi connectivity index (χ4v) is 4.11. The summed E-state index contributed by atoms with van der Waals surface area (Å²) < 4.78 is 0. The number of carboxylic acids is 1. The Kier molecular flexibility index (Phi) is 4.70. The van der Waals surface area contributed by atoms with Gasteiger partial charge in [0.1, 0.15) is 0 Å². The van der Waals surface area contributed by atoms with Crippen LogP contribution in [0.1, 0.15) is 67.6 Å². The van der Waals surface area contributed by atoms with Crippen molar-refractivity contribution in [3.05, 3.63) is 63.7 Å². The molecule has 3 rings (SSSR count). The van der Waals surface area contributed by atoms with Gasteiger partial charge in [-0.1, -0.05) is 51.4 Å². The molecule has 0 unspecified atom stereocenters. The lowest BCUT2D eigenvalue weighted by molar-refractivity contribution is 0.0697. The molecule has 136 valence electrons. The van der Waals surface area contributed by atoms with E-state index in [2.05, 4.69) is 38.8 Å². The number of aromatic carboxylic acids is 1. The number of carbonyl (C=O) groups is 1. The van der Waals surface area contributed by atoms with E-state index in [1.165, 1.54) is 11.1 Å². The van der Waals surface area contributed by atoms with E-state index < -0.39 is 5.97 Å². The summed E-state index contributed by atoms with van der Waals surface area (Å²) in [6.45, 7) is 9.04. The molecular formula is C22H24ClNO2. The molecule has 1 aliphatic carbocycles. The van der Waals surface area contributed by atoms with Crippen LogP contribution in [0.3, 0.4) is 0 Å². The normalized spacial score (nSPS) is 17.9. The maximum atomic E-state index is 10.9. The van der Waals surface area contributed by atoms with E-state index in [9.17, 15) is 4.79 Å². The van der Waals surface area contributed by atoms with Crippen LogP contribution in [-0.2, 0) is 10.8 Å². The number of aliphatic imine (C=N–C) groups is 1. The fraction of sp³-hybridized carbons (Fsp3) is 0.364. The first kappa shape index (κ1) is 18.7. The minimum atomic E-state index is -0.942. The lowest BCUT2D eigenvalue weighted by atomic mass is 9.63. The summed E-state index contributed by atoms with van der Waals surface area (Å²) in [5.41, 5.74) is 4.54. The van der Waals surface area contributed by atoms with Crippen molar-refractivity contribution in [3.63, 3.8) is 0 Å². The first-order valence-electron chi connectivity index (χ1n) is 8.83. The van der Waals surface area contributed by atoms with E-state index in [0.29, 0.717) is 5.69 Å². The van der Waals surface area contributed by atoms with Gasteiger partial charge < -0.3 is 5.11 Å². The van der Waals surface area contributed by atoms with Crippen LogP contribution < -0.4 is 0 Å². The molecule has 0 spiro atoms. The van der Waals surface area contributed by atoms with Gasteiger partial charge in [0.05, 0.1) is 16.3 Å². The van der Waals surface area contributed by atoms with Crippen molar-refractivity contribution >= 4 is 29.5 Å². The zero-order valence-corrected chi connectivity index (χ0v) is 16.4. The highest BCUT2D eigenvalue weighted by molar-refractivity contribution is 6.34. The number of halogens is 1. The molecule has 0 aromatic heterocycles. The predicted octanol–water partition coefficient (Wildman–Crippen LogP) is 6.14. The summed E-state index contributed by atoms with van der Waals surface area (Å²) in [5.74, 6) is -0.942. The molecule has 3 nitrogen and oxygen atoms in total. The minimum absolute atomic E-state index is 0.0366. The summed E-state index contributed by atoms with van der Waals surface area (Å²) in [6, 6.07) is 10.7. The van der Waals surface area contributed by atoms with Crippen LogP contribution in [0.15, 0.2) is 41.4 Å². The van der Waals surface area contributed by atoms with E-state index in [-0.39, 0.29) is 16.4 Å². The highest BCUT2D eigenvalue weighted by Gasteiger charge is 2.38. The zero-order valence-electron chi connectivity index (χ0n) is 15.6. The van der Waals surface area contributed by atoms with Gasteiger partial charge in [-0.2, -0.15) is 0 Å². The van der Waals surface area contributed by atoms with Crippen LogP contribution in [-0.4, -0.2) is 17.3 Å². The van der Waals surface area contributed by atoms with Gasteiger partial charge in [0.15, 0.2) is 0 Å². The maximum absolute atomic E-state index is 10.9. The number of hydrogen-bond donors (Lipinski definition) is 1. The molecule has 0 saturated carbocycles. The zero-order chi connectivity index (χ0) is 19.1. The quantitative estimate of drug-likeness (QED) is 0.661. The van der Waals surface area contributed by atoms with Crippen LogP contribution >= 0.6 is 11.6 Å². The summed E-state index contributed by atoms with van der Waals surface area (Å²) in [6.07, 6.45) is 4.01. The molecule has 0 atom stereocenters. The molecule has 0 aliphatic heterocycles. The molecule has 2 aromatic rings. The number of carboxylic acid groups (broad SMARTS) is 1. The third-order valence-electron chi connectivity index (χ3n) is 5.42. The molecule has 1 aliphatic rings. The second kappa shape index (κ2) is 6.55. The molecular weight excluding hydrogens is 346 g/mol. The van der Waals surface area contributed by atoms with E-state index in [1.54, 1.807) is 30.5 Å². The number of hydrogen-bond acceptors (Lipinski definition) is 2. The van der Waals surface area contributed by atoms with E-state index in [1.807, 2.05) is 6.07 Å². The van der Waals surface area contributed by atoms with Gasteiger partial charge in [0, 0.05) is 11.8 Å². The molecule has 26 heavy (non-hydrogen) atoms. The van der Waals surface area contributed by atoms with E-state index >= 15 is 0 Å². The molecule has 1 N–H and O–H groups in total. The van der Waals surface area contributed by atoms with Gasteiger partial charge in [0.25, 0.3) is 0 Å². The standard InChI is InChI=1S/C22H24ClNO2/c1-21(2)11-12-22(3,4)18-17(21)10-7-15(19(18)23)13-24-16-8-5-14(6-9-16)20(25)26/h5-10,13H,11-12H2,1-4H3,(H,25,26). The molecule has 2 aromatic carbocycles. The second-order valence-corrected chi connectivity index (χ2v) is 8.65. The van der Waals surface area contributed by atoms with Crippen molar-refractivity contribution in [2.24, 2.45) is 4.99 Å². The number of fused-ring (bicyclic) bond motifs is 1. The third kappa shape index (κ3) is 3.41. The monoisotopic (exact) mass is 369 g/mol. The topological polar surface area (TPSA) is 49.7 Å². The minimum Gasteiger partial charge on any atom is -0.478 e. The Morgan fingerprint density at radius 3 is 2.27 bits per heavy atom. The lowest BCUT2D eigenvalue weighted by Gasteiger charge is -2.42. The summed E-state index contributed by atoms with van der Waals surface area (Å²) in [5, 5.41) is 9.74. The van der Waals surface area contributed by atoms with Gasteiger partial charge in [-0.3, -0.25) is 4.99 Å². The van der Waals surface area contributed by atoms with Gasteiger partial charge in [0.2, 0.25) is 0 Å². The molecule has 0 amide bonds. The van der Waals surface area contributed by atoms with Crippen molar-refractivity contribution in [1.82, 2.24) is 0 Å². The predicted molar refractivity (Wildman–Crippen MR) is 107 cm³/mol. The van der Waals surface area contributed by atoms with Crippen molar-refractivity contribution in [2.45, 2.75) is 51.4 Å². The first-order valence-corrected chi connectivity index (χ1v) is 9.20. The third-order valence-corrected chi connectivity index (χ3v) is 5.83. The van der Waals surface area contributed by atoms with Crippen molar-refractivity contribution < 1.29 is 9.90 Å². The van der Waals surface area contributed by atoms with Gasteiger partial charge >= 0.3 is 5.97 Å². The number of nitrogens with zero attached hydrogens (tertiary/aromatic N) is 1. The van der Waals surface area contributed by atoms with Crippen LogP contribution in [0.25, 0.3) is 0 Å². The summed E-state index contributed by atoms with van der Waals surface area (Å²) in [7, 11) is 0. The first-order chi connectivity index (χ1) is 12.1. The van der Waals surface area contributed by atoms with Crippen molar-refractivity contribution in [3.8, 4) is 0 Å². The summed E-state index contributed by atoms with van der Waals surface area (Å²) in [4.78, 5) is 15.4. The van der Waals surface area contributed by atoms with Crippen molar-refractivity contribution in [1.29, 1.82) is 0 Å². The molecule has 0 heterocycles. The Balaban J connectivity index is 1.98. The van der Waals surface area contributed by atoms with Crippen LogP contribution in [0.2, 0.25) is 5.02 Å². The van der Waals surface area contributed by atoms with Gasteiger partial charge in [-0.05, 0) is 59.1 Å². The number of rotatable bonds is 3. The lowest BCUT2D eigenvalue weighted by Crippen LogP contribution is -2.34. The Bertz CT molecular complexity index is 880. The Labute approximate surface area is 159 Å². The van der Waals surface area contributed by atoms with Crippen LogP contribution in [0.4, 0.5) is 5.69 Å². The fourth-order valence-electron chi connectivity index (χ4n) is 3.64. The average Bonchev–Trinajstić information content (AvgIpc) is 2.58. The van der Waals surface area contributed by atoms with Gasteiger partial charge in [-0.15, -0.1) is 0 Å². The largest absolute Gasteiger partial charge is 0.478 e. The van der Waals surface area contributed by atoms with Crippen LogP contribution in [0, 0.1) is 0 Å². The van der Waals surface area contributed by atoms with Gasteiger partial charge in [-0.25, -0.2) is 4.79 Å². The molecule has 0 bridgehead atoms. The molecule has 0 fully saturated rings. The Hall–Kier alpha value is -2.13. The maximum Gasteiger partial charge on any atom is 0.335 e. The molecule has 0 saturated heterocycles. The van der Waals surface area contributed by atoms with E-state index in [4.69, 9.17) is 16.7 Å². The molecule has 0 radical (unpaired) electrons. The molecule has 4 heteroatoms. The van der Waals surface area contributed by atoms with Crippen molar-refractivity contribution in [2.75, 3.05) is 0 Å². The van der Waals surface area contributed by atoms with Crippen LogP contribution in [0.5, 0.6) is 0 Å². The van der Waals surface area contributed by atoms with E-state index in [0.717, 1.165) is 23.4 Å². The Morgan fingerprint density at radius 1 is 1.04 bits per heavy atom.